The fourth-order valence-corrected chi connectivity index (χ4v) is 5.35. The van der Waals surface area contributed by atoms with E-state index in [-0.39, 0.29) is 11.5 Å². The molecule has 1 aromatic carbocycles. The van der Waals surface area contributed by atoms with Gasteiger partial charge in [0.2, 0.25) is 5.91 Å². The summed E-state index contributed by atoms with van der Waals surface area (Å²) < 4.78 is 3.31. The number of carbonyl (C=O) groups is 1. The molecule has 0 unspecified atom stereocenters. The molecular weight excluding hydrogens is 384 g/mol. The van der Waals surface area contributed by atoms with Gasteiger partial charge in [0.15, 0.2) is 0 Å². The maximum atomic E-state index is 13.2. The highest BCUT2D eigenvalue weighted by Crippen LogP contribution is 2.32. The summed E-state index contributed by atoms with van der Waals surface area (Å²) >= 11 is 1.58. The number of benzene rings is 1. The van der Waals surface area contributed by atoms with Crippen LogP contribution in [-0.4, -0.2) is 46.3 Å². The van der Waals surface area contributed by atoms with Crippen LogP contribution >= 0.6 is 11.3 Å². The number of amides is 1. The van der Waals surface area contributed by atoms with Crippen molar-refractivity contribution >= 4 is 37.4 Å². The lowest BCUT2D eigenvalue weighted by Gasteiger charge is -2.33. The van der Waals surface area contributed by atoms with Gasteiger partial charge in [-0.1, -0.05) is 24.6 Å². The molecule has 7 heteroatoms. The van der Waals surface area contributed by atoms with E-state index in [0.717, 1.165) is 33.6 Å². The molecule has 1 N–H and O–H groups in total. The molecule has 1 aliphatic rings. The molecule has 3 aromatic rings. The van der Waals surface area contributed by atoms with Crippen LogP contribution in [0.4, 0.5) is 0 Å². The highest BCUT2D eigenvalue weighted by Gasteiger charge is 2.22. The zero-order valence-corrected chi connectivity index (χ0v) is 18.1. The SMILES string of the molecule is Cc1nn([C@H](C)C(=O)NCCN2CCCC[C@H]2C)c(=O)c2c1sc1ccccc12. The van der Waals surface area contributed by atoms with Gasteiger partial charge in [-0.3, -0.25) is 14.5 Å². The second kappa shape index (κ2) is 8.24. The van der Waals surface area contributed by atoms with Gasteiger partial charge in [0.05, 0.1) is 15.8 Å². The van der Waals surface area contributed by atoms with Gasteiger partial charge in [0.25, 0.3) is 5.56 Å². The Balaban J connectivity index is 1.54. The monoisotopic (exact) mass is 412 g/mol. The van der Waals surface area contributed by atoms with Crippen molar-refractivity contribution in [1.29, 1.82) is 0 Å². The first-order chi connectivity index (χ1) is 14.0. The van der Waals surface area contributed by atoms with E-state index < -0.39 is 6.04 Å². The van der Waals surface area contributed by atoms with Crippen molar-refractivity contribution in [1.82, 2.24) is 20.0 Å². The Hall–Kier alpha value is -2.25. The molecule has 1 saturated heterocycles. The van der Waals surface area contributed by atoms with Gasteiger partial charge >= 0.3 is 0 Å². The van der Waals surface area contributed by atoms with Crippen molar-refractivity contribution in [2.24, 2.45) is 0 Å². The Kier molecular flexibility index (Phi) is 5.69. The minimum atomic E-state index is -0.650. The number of nitrogens with one attached hydrogen (secondary N) is 1. The van der Waals surface area contributed by atoms with E-state index in [4.69, 9.17) is 0 Å². The summed E-state index contributed by atoms with van der Waals surface area (Å²) in [6.07, 6.45) is 3.73. The smallest absolute Gasteiger partial charge is 0.276 e. The summed E-state index contributed by atoms with van der Waals surface area (Å²) in [4.78, 5) is 28.3. The average molecular weight is 413 g/mol. The Bertz CT molecular complexity index is 1100. The summed E-state index contributed by atoms with van der Waals surface area (Å²) in [7, 11) is 0. The number of hydrogen-bond acceptors (Lipinski definition) is 5. The topological polar surface area (TPSA) is 67.2 Å². The molecule has 0 radical (unpaired) electrons. The lowest BCUT2D eigenvalue weighted by Crippen LogP contribution is -2.44. The Morgan fingerprint density at radius 2 is 2.14 bits per heavy atom. The quantitative estimate of drug-likeness (QED) is 0.697. The molecule has 2 aromatic heterocycles. The van der Waals surface area contributed by atoms with Crippen molar-refractivity contribution in [3.05, 3.63) is 40.3 Å². The summed E-state index contributed by atoms with van der Waals surface area (Å²) in [5.74, 6) is -0.164. The fourth-order valence-electron chi connectivity index (χ4n) is 4.21. The number of hydrogen-bond donors (Lipinski definition) is 1. The first kappa shape index (κ1) is 20.0. The number of aryl methyl sites for hydroxylation is 1. The highest BCUT2D eigenvalue weighted by molar-refractivity contribution is 7.26. The second-order valence-corrected chi connectivity index (χ2v) is 9.04. The molecule has 0 aliphatic carbocycles. The van der Waals surface area contributed by atoms with Gasteiger partial charge in [0, 0.05) is 29.2 Å². The molecule has 2 atom stereocenters. The molecule has 4 rings (SSSR count). The second-order valence-electron chi connectivity index (χ2n) is 7.99. The minimum Gasteiger partial charge on any atom is -0.353 e. The van der Waals surface area contributed by atoms with Gasteiger partial charge < -0.3 is 5.32 Å². The highest BCUT2D eigenvalue weighted by atomic mass is 32.1. The molecule has 6 nitrogen and oxygen atoms in total. The van der Waals surface area contributed by atoms with Gasteiger partial charge in [-0.15, -0.1) is 11.3 Å². The lowest BCUT2D eigenvalue weighted by molar-refractivity contribution is -0.124. The van der Waals surface area contributed by atoms with E-state index >= 15 is 0 Å². The van der Waals surface area contributed by atoms with Gasteiger partial charge in [-0.05, 0) is 46.2 Å². The Morgan fingerprint density at radius 3 is 2.93 bits per heavy atom. The molecule has 1 fully saturated rings. The number of piperidine rings is 1. The van der Waals surface area contributed by atoms with E-state index in [1.807, 2.05) is 31.2 Å². The van der Waals surface area contributed by atoms with Crippen molar-refractivity contribution in [3.8, 4) is 0 Å². The van der Waals surface area contributed by atoms with Gasteiger partial charge in [0.1, 0.15) is 6.04 Å². The van der Waals surface area contributed by atoms with Crippen LogP contribution in [0.15, 0.2) is 29.1 Å². The maximum Gasteiger partial charge on any atom is 0.276 e. The van der Waals surface area contributed by atoms with Crippen LogP contribution in [0.5, 0.6) is 0 Å². The van der Waals surface area contributed by atoms with Gasteiger partial charge in [-0.2, -0.15) is 5.10 Å². The standard InChI is InChI=1S/C22H28N4O2S/c1-14-8-6-7-12-25(14)13-11-23-21(27)16(3)26-22(28)19-17-9-4-5-10-18(17)29-20(19)15(2)24-26/h4-5,9-10,14,16H,6-8,11-13H2,1-3H3,(H,23,27)/t14-,16-/m1/s1. The Labute approximate surface area is 174 Å². The molecule has 0 bridgehead atoms. The number of nitrogens with zero attached hydrogens (tertiary/aromatic N) is 3. The van der Waals surface area contributed by atoms with Crippen LogP contribution < -0.4 is 10.9 Å². The third-order valence-electron chi connectivity index (χ3n) is 5.99. The zero-order valence-electron chi connectivity index (χ0n) is 17.3. The number of thiophene rings is 1. The molecule has 29 heavy (non-hydrogen) atoms. The molecule has 0 saturated carbocycles. The van der Waals surface area contributed by atoms with Crippen LogP contribution in [0.25, 0.3) is 20.2 Å². The minimum absolute atomic E-state index is 0.164. The largest absolute Gasteiger partial charge is 0.353 e. The van der Waals surface area contributed by atoms with Crippen LogP contribution in [0.3, 0.4) is 0 Å². The molecule has 0 spiro atoms. The number of rotatable bonds is 5. The Morgan fingerprint density at radius 1 is 1.34 bits per heavy atom. The van der Waals surface area contributed by atoms with Crippen molar-refractivity contribution in [2.75, 3.05) is 19.6 Å². The summed E-state index contributed by atoms with van der Waals surface area (Å²) in [6, 6.07) is 7.80. The number of aromatic nitrogens is 2. The summed E-state index contributed by atoms with van der Waals surface area (Å²) in [5, 5.41) is 9.07. The van der Waals surface area contributed by atoms with Crippen LogP contribution in [0.2, 0.25) is 0 Å². The van der Waals surface area contributed by atoms with Crippen molar-refractivity contribution in [2.45, 2.75) is 52.1 Å². The fraction of sp³-hybridized carbons (Fsp3) is 0.500. The third kappa shape index (κ3) is 3.81. The van der Waals surface area contributed by atoms with Crippen molar-refractivity contribution in [3.63, 3.8) is 0 Å². The maximum absolute atomic E-state index is 13.2. The van der Waals surface area contributed by atoms with Crippen LogP contribution in [0.1, 0.15) is 44.8 Å². The molecule has 1 aliphatic heterocycles. The lowest BCUT2D eigenvalue weighted by atomic mass is 10.0. The first-order valence-corrected chi connectivity index (χ1v) is 11.2. The number of likely N-dealkylation sites (tertiary alicyclic amines) is 1. The summed E-state index contributed by atoms with van der Waals surface area (Å²) in [6.45, 7) is 8.41. The van der Waals surface area contributed by atoms with Crippen LogP contribution in [-0.2, 0) is 4.79 Å². The molecule has 3 heterocycles. The normalized spacial score (nSPS) is 18.9. The van der Waals surface area contributed by atoms with E-state index in [1.165, 1.54) is 23.9 Å². The molecule has 1 amide bonds. The van der Waals surface area contributed by atoms with E-state index in [9.17, 15) is 9.59 Å². The first-order valence-electron chi connectivity index (χ1n) is 10.4. The number of carbonyl (C=O) groups excluding carboxylic acids is 1. The van der Waals surface area contributed by atoms with E-state index in [1.54, 1.807) is 18.3 Å². The molecular formula is C22H28N4O2S. The zero-order chi connectivity index (χ0) is 20.5. The average Bonchev–Trinajstić information content (AvgIpc) is 3.12. The predicted molar refractivity (Wildman–Crippen MR) is 119 cm³/mol. The van der Waals surface area contributed by atoms with E-state index in [0.29, 0.717) is 18.0 Å². The number of fused-ring (bicyclic) bond motifs is 3. The third-order valence-corrected chi connectivity index (χ3v) is 7.27. The predicted octanol–water partition coefficient (Wildman–Crippen LogP) is 3.47. The van der Waals surface area contributed by atoms with Crippen LogP contribution in [0, 0.1) is 6.92 Å². The van der Waals surface area contributed by atoms with Crippen molar-refractivity contribution < 1.29 is 4.79 Å². The molecule has 154 valence electrons. The van der Waals surface area contributed by atoms with E-state index in [2.05, 4.69) is 22.2 Å². The van der Waals surface area contributed by atoms with Gasteiger partial charge in [-0.25, -0.2) is 4.68 Å². The summed E-state index contributed by atoms with van der Waals surface area (Å²) in [5.41, 5.74) is 0.581.